The van der Waals surface area contributed by atoms with Crippen LogP contribution in [-0.2, 0) is 14.3 Å². The molecule has 0 amide bonds. The molecule has 0 saturated carbocycles. The number of ether oxygens (including phenoxy) is 1. The lowest BCUT2D eigenvalue weighted by Gasteiger charge is -2.25. The summed E-state index contributed by atoms with van der Waals surface area (Å²) in [4.78, 5) is 22.1. The van der Waals surface area contributed by atoms with Gasteiger partial charge in [0.1, 0.15) is 11.9 Å². The van der Waals surface area contributed by atoms with Crippen LogP contribution in [0.1, 0.15) is 98.8 Å². The lowest BCUT2D eigenvalue weighted by atomic mass is 9.89. The van der Waals surface area contributed by atoms with Crippen LogP contribution in [0.15, 0.2) is 0 Å². The summed E-state index contributed by atoms with van der Waals surface area (Å²) in [6.07, 6.45) is 10.3. The van der Waals surface area contributed by atoms with E-state index in [1.165, 1.54) is 12.8 Å². The third kappa shape index (κ3) is 14.1. The number of carbonyl (C=O) groups is 2. The van der Waals surface area contributed by atoms with Gasteiger partial charge in [-0.05, 0) is 51.4 Å². The highest BCUT2D eigenvalue weighted by Gasteiger charge is 2.22. The molecule has 3 heteroatoms. The Bertz CT molecular complexity index is 313. The molecule has 0 bridgehead atoms. The van der Waals surface area contributed by atoms with E-state index in [2.05, 4.69) is 20.8 Å². The molecule has 0 atom stereocenters. The van der Waals surface area contributed by atoms with E-state index >= 15 is 0 Å². The van der Waals surface area contributed by atoms with Gasteiger partial charge < -0.3 is 9.53 Å². The number of unbranched alkanes of at least 4 members (excludes halogenated alkanes) is 5. The molecule has 3 nitrogen and oxygen atoms in total. The van der Waals surface area contributed by atoms with Crippen molar-refractivity contribution in [1.29, 1.82) is 0 Å². The zero-order chi connectivity index (χ0) is 17.1. The van der Waals surface area contributed by atoms with Crippen LogP contribution in [0.4, 0.5) is 0 Å². The van der Waals surface area contributed by atoms with E-state index in [1.807, 2.05) is 13.8 Å². The molecule has 0 aromatic heterocycles. The SMILES string of the molecule is CC(C)(C)CCCCCC(=O)OC(C)(C)CCCCCC=O. The second-order valence-electron chi connectivity index (χ2n) is 8.12. The van der Waals surface area contributed by atoms with E-state index in [4.69, 9.17) is 4.74 Å². The molecule has 22 heavy (non-hydrogen) atoms. The Balaban J connectivity index is 3.72. The van der Waals surface area contributed by atoms with Crippen LogP contribution in [0.5, 0.6) is 0 Å². The zero-order valence-corrected chi connectivity index (χ0v) is 15.4. The third-order valence-corrected chi connectivity index (χ3v) is 3.80. The Morgan fingerprint density at radius 1 is 0.864 bits per heavy atom. The molecule has 0 saturated heterocycles. The third-order valence-electron chi connectivity index (χ3n) is 3.80. The van der Waals surface area contributed by atoms with Gasteiger partial charge in [0.25, 0.3) is 0 Å². The predicted octanol–water partition coefficient (Wildman–Crippen LogP) is 5.45. The minimum atomic E-state index is -0.385. The van der Waals surface area contributed by atoms with Crippen LogP contribution in [0, 0.1) is 5.41 Å². The molecule has 0 heterocycles. The zero-order valence-electron chi connectivity index (χ0n) is 15.4. The van der Waals surface area contributed by atoms with E-state index in [-0.39, 0.29) is 11.6 Å². The molecule has 0 radical (unpaired) electrons. The molecule has 0 aliphatic heterocycles. The largest absolute Gasteiger partial charge is 0.460 e. The molecule has 0 aromatic rings. The molecular formula is C19H36O3. The Morgan fingerprint density at radius 2 is 1.45 bits per heavy atom. The van der Waals surface area contributed by atoms with Crippen molar-refractivity contribution >= 4 is 12.3 Å². The Morgan fingerprint density at radius 3 is 2.05 bits per heavy atom. The van der Waals surface area contributed by atoms with Gasteiger partial charge in [-0.25, -0.2) is 0 Å². The van der Waals surface area contributed by atoms with Crippen LogP contribution in [0.3, 0.4) is 0 Å². The van der Waals surface area contributed by atoms with Crippen LogP contribution < -0.4 is 0 Å². The number of hydrogen-bond acceptors (Lipinski definition) is 3. The normalized spacial score (nSPS) is 12.2. The quantitative estimate of drug-likeness (QED) is 0.273. The highest BCUT2D eigenvalue weighted by molar-refractivity contribution is 5.69. The molecular weight excluding hydrogens is 276 g/mol. The van der Waals surface area contributed by atoms with Crippen molar-refractivity contribution in [3.8, 4) is 0 Å². The maximum atomic E-state index is 11.9. The van der Waals surface area contributed by atoms with Gasteiger partial charge in [-0.15, -0.1) is 0 Å². The molecule has 0 N–H and O–H groups in total. The maximum absolute atomic E-state index is 11.9. The first-order valence-corrected chi connectivity index (χ1v) is 8.82. The van der Waals surface area contributed by atoms with Crippen molar-refractivity contribution in [3.63, 3.8) is 0 Å². The minimum Gasteiger partial charge on any atom is -0.460 e. The minimum absolute atomic E-state index is 0.0753. The molecule has 0 aliphatic carbocycles. The van der Waals surface area contributed by atoms with Crippen molar-refractivity contribution in [2.24, 2.45) is 5.41 Å². The predicted molar refractivity (Wildman–Crippen MR) is 91.9 cm³/mol. The lowest BCUT2D eigenvalue weighted by Crippen LogP contribution is -2.27. The summed E-state index contributed by atoms with van der Waals surface area (Å²) in [7, 11) is 0. The second-order valence-corrected chi connectivity index (χ2v) is 8.12. The van der Waals surface area contributed by atoms with Crippen molar-refractivity contribution in [1.82, 2.24) is 0 Å². The maximum Gasteiger partial charge on any atom is 0.306 e. The van der Waals surface area contributed by atoms with Gasteiger partial charge in [0.05, 0.1) is 0 Å². The van der Waals surface area contributed by atoms with E-state index in [0.717, 1.165) is 44.8 Å². The van der Waals surface area contributed by atoms with Gasteiger partial charge in [0.15, 0.2) is 0 Å². The Labute approximate surface area is 137 Å². The first-order valence-electron chi connectivity index (χ1n) is 8.82. The molecule has 0 fully saturated rings. The fourth-order valence-electron chi connectivity index (χ4n) is 2.47. The summed E-state index contributed by atoms with van der Waals surface area (Å²) in [5, 5.41) is 0. The Hall–Kier alpha value is -0.860. The number of aldehydes is 1. The van der Waals surface area contributed by atoms with E-state index in [0.29, 0.717) is 18.3 Å². The van der Waals surface area contributed by atoms with Crippen LogP contribution in [0.25, 0.3) is 0 Å². The van der Waals surface area contributed by atoms with Crippen LogP contribution in [-0.4, -0.2) is 17.9 Å². The number of carbonyl (C=O) groups excluding carboxylic acids is 2. The van der Waals surface area contributed by atoms with E-state index < -0.39 is 0 Å². The number of rotatable bonds is 12. The second kappa shape index (κ2) is 10.8. The average molecular weight is 312 g/mol. The summed E-state index contributed by atoms with van der Waals surface area (Å²) >= 11 is 0. The van der Waals surface area contributed by atoms with Crippen molar-refractivity contribution in [2.45, 2.75) is 104 Å². The molecule has 0 unspecified atom stereocenters. The molecule has 0 rings (SSSR count). The van der Waals surface area contributed by atoms with E-state index in [9.17, 15) is 9.59 Å². The molecule has 0 aliphatic rings. The van der Waals surface area contributed by atoms with Gasteiger partial charge in [-0.1, -0.05) is 40.0 Å². The van der Waals surface area contributed by atoms with Gasteiger partial charge >= 0.3 is 5.97 Å². The summed E-state index contributed by atoms with van der Waals surface area (Å²) in [6.45, 7) is 10.7. The summed E-state index contributed by atoms with van der Waals surface area (Å²) in [5.74, 6) is -0.0753. The fraction of sp³-hybridized carbons (Fsp3) is 0.895. The van der Waals surface area contributed by atoms with Crippen molar-refractivity contribution in [3.05, 3.63) is 0 Å². The average Bonchev–Trinajstić information content (AvgIpc) is 2.36. The summed E-state index contributed by atoms with van der Waals surface area (Å²) in [5.41, 5.74) is -0.00395. The highest BCUT2D eigenvalue weighted by Crippen LogP contribution is 2.23. The first kappa shape index (κ1) is 21.1. The highest BCUT2D eigenvalue weighted by atomic mass is 16.6. The summed E-state index contributed by atoms with van der Waals surface area (Å²) in [6, 6.07) is 0. The molecule has 130 valence electrons. The topological polar surface area (TPSA) is 43.4 Å². The van der Waals surface area contributed by atoms with Gasteiger partial charge in [0.2, 0.25) is 0 Å². The smallest absolute Gasteiger partial charge is 0.306 e. The van der Waals surface area contributed by atoms with Crippen LogP contribution >= 0.6 is 0 Å². The number of hydrogen-bond donors (Lipinski definition) is 0. The van der Waals surface area contributed by atoms with E-state index in [1.54, 1.807) is 0 Å². The molecule has 0 aromatic carbocycles. The van der Waals surface area contributed by atoms with Gasteiger partial charge in [-0.3, -0.25) is 4.79 Å². The standard InChI is InChI=1S/C19H36O3/c1-18(2,3)14-10-8-9-13-17(21)22-19(4,5)15-11-6-7-12-16-20/h16H,6-15H2,1-5H3. The summed E-state index contributed by atoms with van der Waals surface area (Å²) < 4.78 is 5.58. The van der Waals surface area contributed by atoms with Gasteiger partial charge in [-0.2, -0.15) is 0 Å². The number of esters is 1. The fourth-order valence-corrected chi connectivity index (χ4v) is 2.47. The van der Waals surface area contributed by atoms with Crippen molar-refractivity contribution in [2.75, 3.05) is 0 Å². The van der Waals surface area contributed by atoms with Crippen LogP contribution in [0.2, 0.25) is 0 Å². The van der Waals surface area contributed by atoms with Gasteiger partial charge in [0, 0.05) is 12.8 Å². The Kier molecular flexibility index (Phi) is 10.4. The molecule has 0 spiro atoms. The lowest BCUT2D eigenvalue weighted by molar-refractivity contribution is -0.157. The first-order chi connectivity index (χ1) is 10.2. The monoisotopic (exact) mass is 312 g/mol. The van der Waals surface area contributed by atoms with Crippen molar-refractivity contribution < 1.29 is 14.3 Å².